The van der Waals surface area contributed by atoms with E-state index in [9.17, 15) is 5.11 Å². The largest absolute Gasteiger partial charge is 0.508 e. The molecule has 1 aliphatic rings. The van der Waals surface area contributed by atoms with Crippen LogP contribution in [0.15, 0.2) is 18.2 Å². The maximum atomic E-state index is 9.90. The molecule has 0 heterocycles. The first-order valence-corrected chi connectivity index (χ1v) is 6.18. The van der Waals surface area contributed by atoms with Crippen molar-refractivity contribution in [3.63, 3.8) is 0 Å². The molecule has 0 spiro atoms. The summed E-state index contributed by atoms with van der Waals surface area (Å²) in [5.41, 5.74) is 2.05. The van der Waals surface area contributed by atoms with E-state index in [4.69, 9.17) is 4.74 Å². The number of hydrogen-bond donors (Lipinski definition) is 2. The number of methoxy groups -OCH3 is 1. The Morgan fingerprint density at radius 2 is 2.12 bits per heavy atom. The number of hydrogen-bond acceptors (Lipinski definition) is 3. The lowest BCUT2D eigenvalue weighted by atomic mass is 9.88. The molecule has 17 heavy (non-hydrogen) atoms. The van der Waals surface area contributed by atoms with Crippen LogP contribution in [-0.4, -0.2) is 24.4 Å². The van der Waals surface area contributed by atoms with Crippen molar-refractivity contribution < 1.29 is 9.84 Å². The van der Waals surface area contributed by atoms with Crippen LogP contribution < -0.4 is 5.32 Å². The van der Waals surface area contributed by atoms with Crippen molar-refractivity contribution >= 4 is 0 Å². The number of nitrogens with one attached hydrogen (secondary N) is 1. The van der Waals surface area contributed by atoms with Gasteiger partial charge in [0.05, 0.1) is 6.10 Å². The van der Waals surface area contributed by atoms with Gasteiger partial charge in [-0.1, -0.05) is 12.1 Å². The van der Waals surface area contributed by atoms with Crippen LogP contribution in [0, 0.1) is 6.92 Å². The number of ether oxygens (including phenoxy) is 1. The Morgan fingerprint density at radius 1 is 1.41 bits per heavy atom. The lowest BCUT2D eigenvalue weighted by Gasteiger charge is -2.36. The summed E-state index contributed by atoms with van der Waals surface area (Å²) in [5.74, 6) is 0.382. The van der Waals surface area contributed by atoms with Crippen molar-refractivity contribution in [3.8, 4) is 5.75 Å². The Bertz CT molecular complexity index is 386. The molecular weight excluding hydrogens is 214 g/mol. The zero-order chi connectivity index (χ0) is 12.4. The monoisotopic (exact) mass is 235 g/mol. The van der Waals surface area contributed by atoms with Gasteiger partial charge < -0.3 is 15.2 Å². The summed E-state index contributed by atoms with van der Waals surface area (Å²) in [4.78, 5) is 0. The van der Waals surface area contributed by atoms with Gasteiger partial charge in [0.25, 0.3) is 0 Å². The highest BCUT2D eigenvalue weighted by atomic mass is 16.5. The molecule has 1 saturated carbocycles. The standard InChI is InChI=1S/C14H21NO2/c1-9-4-5-13(14(16)6-9)10(2)15-11-7-12(8-11)17-3/h4-6,10-12,15-16H,7-8H2,1-3H3. The summed E-state index contributed by atoms with van der Waals surface area (Å²) in [6, 6.07) is 6.53. The van der Waals surface area contributed by atoms with Crippen molar-refractivity contribution in [1.82, 2.24) is 5.32 Å². The fourth-order valence-corrected chi connectivity index (χ4v) is 2.36. The Morgan fingerprint density at radius 3 is 2.71 bits per heavy atom. The van der Waals surface area contributed by atoms with Crippen LogP contribution in [0.2, 0.25) is 0 Å². The van der Waals surface area contributed by atoms with Crippen LogP contribution in [0.25, 0.3) is 0 Å². The minimum absolute atomic E-state index is 0.179. The second-order valence-electron chi connectivity index (χ2n) is 4.98. The molecule has 1 aromatic carbocycles. The molecule has 2 N–H and O–H groups in total. The number of rotatable bonds is 4. The first-order valence-electron chi connectivity index (χ1n) is 6.18. The minimum atomic E-state index is 0.179. The zero-order valence-corrected chi connectivity index (χ0v) is 10.7. The molecule has 0 saturated heterocycles. The maximum absolute atomic E-state index is 9.90. The van der Waals surface area contributed by atoms with Crippen LogP contribution in [0.5, 0.6) is 5.75 Å². The first kappa shape index (κ1) is 12.4. The van der Waals surface area contributed by atoms with E-state index < -0.39 is 0 Å². The average Bonchev–Trinajstić information content (AvgIpc) is 2.22. The van der Waals surface area contributed by atoms with E-state index in [0.29, 0.717) is 17.9 Å². The van der Waals surface area contributed by atoms with Crippen molar-refractivity contribution in [3.05, 3.63) is 29.3 Å². The summed E-state index contributed by atoms with van der Waals surface area (Å²) in [6.07, 6.45) is 2.53. The molecule has 2 rings (SSSR count). The van der Waals surface area contributed by atoms with Gasteiger partial charge in [-0.3, -0.25) is 0 Å². The summed E-state index contributed by atoms with van der Waals surface area (Å²) < 4.78 is 5.25. The van der Waals surface area contributed by atoms with E-state index in [0.717, 1.165) is 24.0 Å². The number of aromatic hydroxyl groups is 1. The molecule has 1 unspecified atom stereocenters. The van der Waals surface area contributed by atoms with Crippen molar-refractivity contribution in [1.29, 1.82) is 0 Å². The molecule has 0 aliphatic heterocycles. The molecule has 0 radical (unpaired) electrons. The molecule has 1 atom stereocenters. The van der Waals surface area contributed by atoms with Gasteiger partial charge in [-0.15, -0.1) is 0 Å². The van der Waals surface area contributed by atoms with Crippen molar-refractivity contribution in [2.45, 2.75) is 44.9 Å². The predicted molar refractivity (Wildman–Crippen MR) is 68.2 cm³/mol. The van der Waals surface area contributed by atoms with Gasteiger partial charge in [-0.05, 0) is 38.3 Å². The molecule has 1 aromatic rings. The summed E-state index contributed by atoms with van der Waals surface area (Å²) in [6.45, 7) is 4.07. The highest BCUT2D eigenvalue weighted by molar-refractivity contribution is 5.37. The van der Waals surface area contributed by atoms with E-state index in [1.54, 1.807) is 7.11 Å². The van der Waals surface area contributed by atoms with E-state index in [-0.39, 0.29) is 6.04 Å². The lowest BCUT2D eigenvalue weighted by Crippen LogP contribution is -2.45. The molecule has 1 fully saturated rings. The molecule has 0 aromatic heterocycles. The van der Waals surface area contributed by atoms with E-state index in [1.807, 2.05) is 25.1 Å². The highest BCUT2D eigenvalue weighted by Gasteiger charge is 2.30. The van der Waals surface area contributed by atoms with Gasteiger partial charge in [-0.2, -0.15) is 0 Å². The Labute approximate surface area is 103 Å². The average molecular weight is 235 g/mol. The van der Waals surface area contributed by atoms with Crippen LogP contribution >= 0.6 is 0 Å². The second-order valence-corrected chi connectivity index (χ2v) is 4.98. The smallest absolute Gasteiger partial charge is 0.120 e. The lowest BCUT2D eigenvalue weighted by molar-refractivity contribution is 0.0147. The summed E-state index contributed by atoms with van der Waals surface area (Å²) in [5, 5.41) is 13.4. The number of aryl methyl sites for hydroxylation is 1. The Kier molecular flexibility index (Phi) is 3.69. The third-order valence-electron chi connectivity index (χ3n) is 3.57. The second kappa shape index (κ2) is 5.07. The SMILES string of the molecule is COC1CC(NC(C)c2ccc(C)cc2O)C1. The number of phenolic OH excluding ortho intramolecular Hbond substituents is 1. The third kappa shape index (κ3) is 2.79. The highest BCUT2D eigenvalue weighted by Crippen LogP contribution is 2.29. The fraction of sp³-hybridized carbons (Fsp3) is 0.571. The van der Waals surface area contributed by atoms with Gasteiger partial charge in [0.15, 0.2) is 0 Å². The topological polar surface area (TPSA) is 41.5 Å². The van der Waals surface area contributed by atoms with Gasteiger partial charge in [0.2, 0.25) is 0 Å². The summed E-state index contributed by atoms with van der Waals surface area (Å²) in [7, 11) is 1.76. The first-order chi connectivity index (χ1) is 8.10. The van der Waals surface area contributed by atoms with Crippen LogP contribution in [0.1, 0.15) is 36.9 Å². The number of phenols is 1. The molecule has 0 amide bonds. The quantitative estimate of drug-likeness (QED) is 0.842. The van der Waals surface area contributed by atoms with E-state index >= 15 is 0 Å². The van der Waals surface area contributed by atoms with Gasteiger partial charge in [0, 0.05) is 24.8 Å². The molecule has 94 valence electrons. The van der Waals surface area contributed by atoms with Crippen LogP contribution in [0.3, 0.4) is 0 Å². The minimum Gasteiger partial charge on any atom is -0.508 e. The maximum Gasteiger partial charge on any atom is 0.120 e. The van der Waals surface area contributed by atoms with Gasteiger partial charge >= 0.3 is 0 Å². The molecular formula is C14H21NO2. The molecule has 1 aliphatic carbocycles. The molecule has 3 heteroatoms. The zero-order valence-electron chi connectivity index (χ0n) is 10.7. The van der Waals surface area contributed by atoms with Crippen molar-refractivity contribution in [2.24, 2.45) is 0 Å². The number of benzene rings is 1. The van der Waals surface area contributed by atoms with E-state index in [2.05, 4.69) is 12.2 Å². The molecule has 3 nitrogen and oxygen atoms in total. The summed E-state index contributed by atoms with van der Waals surface area (Å²) >= 11 is 0. The van der Waals surface area contributed by atoms with Gasteiger partial charge in [-0.25, -0.2) is 0 Å². The molecule has 0 bridgehead atoms. The van der Waals surface area contributed by atoms with Crippen LogP contribution in [0.4, 0.5) is 0 Å². The normalized spacial score (nSPS) is 25.4. The Balaban J connectivity index is 1.93. The Hall–Kier alpha value is -1.06. The van der Waals surface area contributed by atoms with Crippen LogP contribution in [-0.2, 0) is 4.74 Å². The predicted octanol–water partition coefficient (Wildman–Crippen LogP) is 2.53. The third-order valence-corrected chi connectivity index (χ3v) is 3.57. The van der Waals surface area contributed by atoms with E-state index in [1.165, 1.54) is 0 Å². The van der Waals surface area contributed by atoms with Crippen molar-refractivity contribution in [2.75, 3.05) is 7.11 Å². The van der Waals surface area contributed by atoms with Gasteiger partial charge in [0.1, 0.15) is 5.75 Å². The fourth-order valence-electron chi connectivity index (χ4n) is 2.36.